The molecular weight excluding hydrogens is 384 g/mol. The van der Waals surface area contributed by atoms with Gasteiger partial charge >= 0.3 is 0 Å². The SMILES string of the molecule is C=C(/C=C(/Cc1cnc(C=C(C)C)c(C)c1)NC)C(=O)NCc1c(C)cc(C)nc1C. The number of nitrogens with one attached hydrogen (secondary N) is 2. The minimum atomic E-state index is -0.194. The molecule has 164 valence electrons. The van der Waals surface area contributed by atoms with Crippen LogP contribution in [0.2, 0.25) is 0 Å². The minimum absolute atomic E-state index is 0.194. The van der Waals surface area contributed by atoms with Gasteiger partial charge in [-0.15, -0.1) is 0 Å². The van der Waals surface area contributed by atoms with Crippen LogP contribution in [0.5, 0.6) is 0 Å². The Hall–Kier alpha value is -3.21. The highest BCUT2D eigenvalue weighted by molar-refractivity contribution is 5.95. The predicted octanol–water partition coefficient (Wildman–Crippen LogP) is 4.65. The summed E-state index contributed by atoms with van der Waals surface area (Å²) in [6.07, 6.45) is 6.40. The molecule has 5 nitrogen and oxygen atoms in total. The Labute approximate surface area is 186 Å². The van der Waals surface area contributed by atoms with Gasteiger partial charge in [-0.2, -0.15) is 0 Å². The van der Waals surface area contributed by atoms with Gasteiger partial charge < -0.3 is 10.6 Å². The Morgan fingerprint density at radius 3 is 2.42 bits per heavy atom. The molecule has 0 fully saturated rings. The number of amides is 1. The number of nitrogens with zero attached hydrogens (tertiary/aromatic N) is 2. The van der Waals surface area contributed by atoms with Crippen LogP contribution in [0.25, 0.3) is 6.08 Å². The molecule has 1 amide bonds. The molecule has 0 saturated carbocycles. The number of aromatic nitrogens is 2. The van der Waals surface area contributed by atoms with Gasteiger partial charge in [-0.25, -0.2) is 0 Å². The fourth-order valence-corrected chi connectivity index (χ4v) is 3.47. The largest absolute Gasteiger partial charge is 0.391 e. The van der Waals surface area contributed by atoms with Gasteiger partial charge in [0.2, 0.25) is 0 Å². The predicted molar refractivity (Wildman–Crippen MR) is 129 cm³/mol. The standard InChI is InChI=1S/C26H34N4O/c1-16(2)9-25-18(4)11-22(14-28-25)13-23(27-8)12-19(5)26(31)29-15-24-17(3)10-20(6)30-21(24)7/h9-12,14,27H,5,13,15H2,1-4,6-8H3,(H,29,31)/b23-12-. The van der Waals surface area contributed by atoms with Crippen molar-refractivity contribution in [2.24, 2.45) is 0 Å². The number of carbonyl (C=O) groups is 1. The summed E-state index contributed by atoms with van der Waals surface area (Å²) in [6.45, 7) is 16.5. The molecule has 0 aromatic carbocycles. The topological polar surface area (TPSA) is 66.9 Å². The highest BCUT2D eigenvalue weighted by atomic mass is 16.1. The number of likely N-dealkylation sites (N-methyl/N-ethyl adjacent to an activating group) is 1. The molecule has 0 atom stereocenters. The molecule has 0 unspecified atom stereocenters. The first-order valence-electron chi connectivity index (χ1n) is 10.5. The highest BCUT2D eigenvalue weighted by Crippen LogP contribution is 2.15. The molecule has 0 aliphatic carbocycles. The monoisotopic (exact) mass is 418 g/mol. The van der Waals surface area contributed by atoms with Crippen LogP contribution < -0.4 is 10.6 Å². The molecular formula is C26H34N4O. The van der Waals surface area contributed by atoms with E-state index in [0.717, 1.165) is 45.0 Å². The van der Waals surface area contributed by atoms with E-state index in [-0.39, 0.29) is 5.91 Å². The fraction of sp³-hybridized carbons (Fsp3) is 0.346. The molecule has 2 aromatic heterocycles. The molecule has 0 bridgehead atoms. The van der Waals surface area contributed by atoms with Gasteiger partial charge in [0, 0.05) is 48.9 Å². The number of rotatable bonds is 8. The Bertz CT molecular complexity index is 1020. The molecule has 0 radical (unpaired) electrons. The Kier molecular flexibility index (Phi) is 8.31. The van der Waals surface area contributed by atoms with Crippen molar-refractivity contribution in [3.63, 3.8) is 0 Å². The quantitative estimate of drug-likeness (QED) is 0.484. The first-order valence-corrected chi connectivity index (χ1v) is 10.5. The minimum Gasteiger partial charge on any atom is -0.391 e. The van der Waals surface area contributed by atoms with E-state index in [0.29, 0.717) is 18.5 Å². The van der Waals surface area contributed by atoms with Crippen molar-refractivity contribution in [2.45, 2.75) is 54.5 Å². The zero-order valence-electron chi connectivity index (χ0n) is 19.8. The van der Waals surface area contributed by atoms with Gasteiger partial charge in [0.05, 0.1) is 5.69 Å². The Morgan fingerprint density at radius 2 is 1.84 bits per heavy atom. The Balaban J connectivity index is 2.07. The summed E-state index contributed by atoms with van der Waals surface area (Å²) in [5.41, 5.74) is 9.81. The van der Waals surface area contributed by atoms with Crippen LogP contribution in [-0.2, 0) is 17.8 Å². The number of pyridine rings is 2. The molecule has 0 aliphatic rings. The summed E-state index contributed by atoms with van der Waals surface area (Å²) in [5, 5.41) is 6.13. The lowest BCUT2D eigenvalue weighted by Crippen LogP contribution is -2.25. The van der Waals surface area contributed by atoms with Crippen molar-refractivity contribution in [1.82, 2.24) is 20.6 Å². The van der Waals surface area contributed by atoms with Crippen molar-refractivity contribution in [2.75, 3.05) is 7.05 Å². The maximum Gasteiger partial charge on any atom is 0.251 e. The number of allylic oxidation sites excluding steroid dienone is 2. The summed E-state index contributed by atoms with van der Waals surface area (Å²) in [6, 6.07) is 4.16. The van der Waals surface area contributed by atoms with E-state index >= 15 is 0 Å². The van der Waals surface area contributed by atoms with E-state index in [9.17, 15) is 4.79 Å². The van der Waals surface area contributed by atoms with E-state index in [1.54, 1.807) is 6.08 Å². The third-order valence-corrected chi connectivity index (χ3v) is 5.06. The van der Waals surface area contributed by atoms with Crippen LogP contribution in [0.15, 0.2) is 47.8 Å². The molecule has 0 aliphatic heterocycles. The average Bonchev–Trinajstić information content (AvgIpc) is 2.68. The third kappa shape index (κ3) is 6.92. The van der Waals surface area contributed by atoms with Gasteiger partial charge in [-0.1, -0.05) is 18.2 Å². The lowest BCUT2D eigenvalue weighted by molar-refractivity contribution is -0.117. The zero-order chi connectivity index (χ0) is 23.1. The molecule has 2 N–H and O–H groups in total. The molecule has 2 heterocycles. The van der Waals surface area contributed by atoms with Crippen LogP contribution in [0.3, 0.4) is 0 Å². The highest BCUT2D eigenvalue weighted by Gasteiger charge is 2.10. The van der Waals surface area contributed by atoms with Gasteiger partial charge in [-0.05, 0) is 82.0 Å². The van der Waals surface area contributed by atoms with Crippen LogP contribution in [-0.4, -0.2) is 22.9 Å². The van der Waals surface area contributed by atoms with Crippen molar-refractivity contribution in [3.8, 4) is 0 Å². The summed E-state index contributed by atoms with van der Waals surface area (Å²) in [7, 11) is 1.85. The Morgan fingerprint density at radius 1 is 1.13 bits per heavy atom. The van der Waals surface area contributed by atoms with E-state index in [2.05, 4.69) is 60.1 Å². The molecule has 5 heteroatoms. The first kappa shape index (κ1) is 24.1. The lowest BCUT2D eigenvalue weighted by atomic mass is 10.1. The van der Waals surface area contributed by atoms with Crippen molar-refractivity contribution in [3.05, 3.63) is 87.2 Å². The fourth-order valence-electron chi connectivity index (χ4n) is 3.47. The summed E-state index contributed by atoms with van der Waals surface area (Å²) in [4.78, 5) is 21.6. The smallest absolute Gasteiger partial charge is 0.251 e. The maximum absolute atomic E-state index is 12.6. The van der Waals surface area contributed by atoms with Crippen LogP contribution in [0.1, 0.15) is 53.2 Å². The van der Waals surface area contributed by atoms with Crippen molar-refractivity contribution >= 4 is 12.0 Å². The summed E-state index contributed by atoms with van der Waals surface area (Å²) >= 11 is 0. The molecule has 0 spiro atoms. The number of aryl methyl sites for hydroxylation is 4. The molecule has 2 aromatic rings. The second kappa shape index (κ2) is 10.7. The van der Waals surface area contributed by atoms with E-state index in [4.69, 9.17) is 0 Å². The van der Waals surface area contributed by atoms with Gasteiger partial charge in [0.1, 0.15) is 0 Å². The van der Waals surface area contributed by atoms with E-state index in [1.165, 1.54) is 5.57 Å². The van der Waals surface area contributed by atoms with Crippen LogP contribution in [0, 0.1) is 27.7 Å². The number of carbonyl (C=O) groups excluding carboxylic acids is 1. The third-order valence-electron chi connectivity index (χ3n) is 5.06. The molecule has 2 rings (SSSR count). The normalized spacial score (nSPS) is 11.1. The first-order chi connectivity index (χ1) is 14.6. The van der Waals surface area contributed by atoms with Crippen molar-refractivity contribution < 1.29 is 4.79 Å². The van der Waals surface area contributed by atoms with Crippen LogP contribution >= 0.6 is 0 Å². The lowest BCUT2D eigenvalue weighted by Gasteiger charge is -2.13. The summed E-state index contributed by atoms with van der Waals surface area (Å²) in [5.74, 6) is -0.194. The van der Waals surface area contributed by atoms with E-state index < -0.39 is 0 Å². The van der Waals surface area contributed by atoms with Gasteiger partial charge in [0.25, 0.3) is 5.91 Å². The number of hydrogen-bond acceptors (Lipinski definition) is 4. The maximum atomic E-state index is 12.6. The zero-order valence-corrected chi connectivity index (χ0v) is 19.8. The summed E-state index contributed by atoms with van der Waals surface area (Å²) < 4.78 is 0. The van der Waals surface area contributed by atoms with Gasteiger partial charge in [-0.3, -0.25) is 14.8 Å². The van der Waals surface area contributed by atoms with Gasteiger partial charge in [0.15, 0.2) is 0 Å². The van der Waals surface area contributed by atoms with Crippen molar-refractivity contribution in [1.29, 1.82) is 0 Å². The van der Waals surface area contributed by atoms with Crippen LogP contribution in [0.4, 0.5) is 0 Å². The second-order valence-electron chi connectivity index (χ2n) is 8.22. The van der Waals surface area contributed by atoms with E-state index in [1.807, 2.05) is 40.1 Å². The molecule has 0 saturated heterocycles. The number of hydrogen-bond donors (Lipinski definition) is 2. The molecule has 31 heavy (non-hydrogen) atoms. The second-order valence-corrected chi connectivity index (χ2v) is 8.22. The average molecular weight is 419 g/mol.